The molecule has 21 heavy (non-hydrogen) atoms. The minimum atomic E-state index is 0.120. The molecule has 0 radical (unpaired) electrons. The summed E-state index contributed by atoms with van der Waals surface area (Å²) in [6.45, 7) is 2.11. The quantitative estimate of drug-likeness (QED) is 0.760. The van der Waals surface area contributed by atoms with Crippen LogP contribution in [0.25, 0.3) is 5.52 Å². The molecule has 3 aromatic rings. The first-order chi connectivity index (χ1) is 10.2. The Morgan fingerprint density at radius 2 is 2.33 bits per heavy atom. The van der Waals surface area contributed by atoms with E-state index < -0.39 is 0 Å². The number of fused-ring (bicyclic) bond motifs is 1. The summed E-state index contributed by atoms with van der Waals surface area (Å²) >= 11 is 5.29. The summed E-state index contributed by atoms with van der Waals surface area (Å²) < 4.78 is 2.74. The topological polar surface area (TPSA) is 55.1 Å². The molecule has 7 heteroatoms. The number of nitrogens with zero attached hydrogens (tertiary/aromatic N) is 4. The molecule has 0 aromatic carbocycles. The van der Waals surface area contributed by atoms with Crippen molar-refractivity contribution in [3.8, 4) is 0 Å². The summed E-state index contributed by atoms with van der Waals surface area (Å²) in [4.78, 5) is 9.19. The van der Waals surface area contributed by atoms with Gasteiger partial charge in [0.25, 0.3) is 0 Å². The highest BCUT2D eigenvalue weighted by molar-refractivity contribution is 9.10. The fourth-order valence-corrected chi connectivity index (χ4v) is 3.86. The molecule has 3 aromatic heterocycles. The molecule has 1 unspecified atom stereocenters. The molecule has 0 bridgehead atoms. The molecule has 108 valence electrons. The second-order valence-corrected chi connectivity index (χ2v) is 7.06. The van der Waals surface area contributed by atoms with Crippen LogP contribution < -0.4 is 5.32 Å². The Labute approximate surface area is 134 Å². The molecular formula is C14H14BrN5S. The Morgan fingerprint density at radius 3 is 3.14 bits per heavy atom. The van der Waals surface area contributed by atoms with Crippen molar-refractivity contribution < 1.29 is 0 Å². The summed E-state index contributed by atoms with van der Waals surface area (Å²) in [5.41, 5.74) is 2.03. The number of rotatable bonds is 4. The zero-order valence-electron chi connectivity index (χ0n) is 11.5. The molecular weight excluding hydrogens is 350 g/mol. The lowest BCUT2D eigenvalue weighted by Gasteiger charge is -2.13. The van der Waals surface area contributed by atoms with Gasteiger partial charge in [-0.3, -0.25) is 0 Å². The van der Waals surface area contributed by atoms with Crippen LogP contribution in [0.15, 0.2) is 28.4 Å². The van der Waals surface area contributed by atoms with Crippen LogP contribution >= 0.6 is 27.3 Å². The van der Waals surface area contributed by atoms with E-state index in [2.05, 4.69) is 43.6 Å². The number of aromatic nitrogens is 4. The second kappa shape index (κ2) is 5.06. The first-order valence-electron chi connectivity index (χ1n) is 6.92. The van der Waals surface area contributed by atoms with E-state index in [-0.39, 0.29) is 6.04 Å². The Kier molecular flexibility index (Phi) is 3.19. The van der Waals surface area contributed by atoms with Crippen molar-refractivity contribution in [2.24, 2.45) is 0 Å². The third kappa shape index (κ3) is 2.44. The van der Waals surface area contributed by atoms with E-state index in [1.807, 2.05) is 10.7 Å². The number of anilines is 1. The summed E-state index contributed by atoms with van der Waals surface area (Å²) in [6.07, 6.45) is 7.94. The Morgan fingerprint density at radius 1 is 1.48 bits per heavy atom. The summed E-state index contributed by atoms with van der Waals surface area (Å²) in [5, 5.41) is 11.1. The third-order valence-corrected chi connectivity index (χ3v) is 5.26. The van der Waals surface area contributed by atoms with Crippen molar-refractivity contribution in [1.82, 2.24) is 19.6 Å². The number of hydrogen-bond acceptors (Lipinski definition) is 5. The van der Waals surface area contributed by atoms with E-state index in [0.717, 1.165) is 21.5 Å². The van der Waals surface area contributed by atoms with Gasteiger partial charge < -0.3 is 5.32 Å². The van der Waals surface area contributed by atoms with Gasteiger partial charge in [0.2, 0.25) is 0 Å². The average molecular weight is 364 g/mol. The molecule has 0 aliphatic heterocycles. The van der Waals surface area contributed by atoms with Crippen molar-refractivity contribution in [2.45, 2.75) is 31.7 Å². The maximum absolute atomic E-state index is 4.75. The van der Waals surface area contributed by atoms with Gasteiger partial charge in [-0.2, -0.15) is 5.10 Å². The zero-order chi connectivity index (χ0) is 14.4. The van der Waals surface area contributed by atoms with Crippen molar-refractivity contribution in [2.75, 3.05) is 5.32 Å². The third-order valence-electron chi connectivity index (χ3n) is 3.65. The Balaban J connectivity index is 1.62. The van der Waals surface area contributed by atoms with E-state index in [1.54, 1.807) is 23.7 Å². The van der Waals surface area contributed by atoms with Gasteiger partial charge in [-0.05, 0) is 35.7 Å². The van der Waals surface area contributed by atoms with Gasteiger partial charge in [0.15, 0.2) is 5.82 Å². The van der Waals surface area contributed by atoms with Crippen molar-refractivity contribution in [3.63, 3.8) is 0 Å². The Hall–Kier alpha value is -1.47. The summed E-state index contributed by atoms with van der Waals surface area (Å²) in [5.74, 6) is 1.52. The fraction of sp³-hybridized carbons (Fsp3) is 0.357. The van der Waals surface area contributed by atoms with Crippen LogP contribution in [0.2, 0.25) is 0 Å². The van der Waals surface area contributed by atoms with Crippen molar-refractivity contribution in [1.29, 1.82) is 0 Å². The largest absolute Gasteiger partial charge is 0.360 e. The second-order valence-electron chi connectivity index (χ2n) is 5.31. The molecule has 1 saturated carbocycles. The van der Waals surface area contributed by atoms with Gasteiger partial charge >= 0.3 is 0 Å². The predicted octanol–water partition coefficient (Wildman–Crippen LogP) is 4.00. The van der Waals surface area contributed by atoms with E-state index in [4.69, 9.17) is 4.98 Å². The first kappa shape index (κ1) is 13.2. The van der Waals surface area contributed by atoms with Crippen LogP contribution in [0.3, 0.4) is 0 Å². The smallest absolute Gasteiger partial charge is 0.153 e. The molecule has 0 saturated heterocycles. The minimum absolute atomic E-state index is 0.120. The fourth-order valence-electron chi connectivity index (χ4n) is 2.31. The summed E-state index contributed by atoms with van der Waals surface area (Å²) in [7, 11) is 0. The molecule has 1 atom stereocenters. The molecule has 0 amide bonds. The SMILES string of the molecule is CC(Nc1nccn2ncc(Br)c12)c1csc(C2CC2)n1. The van der Waals surface area contributed by atoms with Crippen LogP contribution in [0.1, 0.15) is 42.4 Å². The van der Waals surface area contributed by atoms with Crippen molar-refractivity contribution in [3.05, 3.63) is 39.1 Å². The van der Waals surface area contributed by atoms with Gasteiger partial charge in [-0.1, -0.05) is 0 Å². The molecule has 3 heterocycles. The van der Waals surface area contributed by atoms with Crippen LogP contribution in [-0.2, 0) is 0 Å². The number of hydrogen-bond donors (Lipinski definition) is 1. The number of thiazole rings is 1. The van der Waals surface area contributed by atoms with E-state index in [0.29, 0.717) is 5.92 Å². The average Bonchev–Trinajstić information content (AvgIpc) is 3.08. The monoisotopic (exact) mass is 363 g/mol. The molecule has 1 fully saturated rings. The van der Waals surface area contributed by atoms with Crippen LogP contribution in [0.4, 0.5) is 5.82 Å². The highest BCUT2D eigenvalue weighted by Crippen LogP contribution is 2.42. The maximum atomic E-state index is 4.75. The standard InChI is InChI=1S/C14H14BrN5S/c1-8(11-7-21-14(19-11)9-2-3-9)18-13-12-10(15)6-17-20(12)5-4-16-13/h4-9H,2-3H2,1H3,(H,16,18). The van der Waals surface area contributed by atoms with Gasteiger partial charge in [0, 0.05) is 23.7 Å². The lowest BCUT2D eigenvalue weighted by atomic mass is 10.2. The molecule has 4 rings (SSSR count). The lowest BCUT2D eigenvalue weighted by molar-refractivity contribution is 0.828. The number of halogens is 1. The minimum Gasteiger partial charge on any atom is -0.360 e. The number of nitrogens with one attached hydrogen (secondary N) is 1. The predicted molar refractivity (Wildman–Crippen MR) is 86.8 cm³/mol. The zero-order valence-corrected chi connectivity index (χ0v) is 13.9. The van der Waals surface area contributed by atoms with E-state index >= 15 is 0 Å². The van der Waals surface area contributed by atoms with Crippen molar-refractivity contribution >= 4 is 38.6 Å². The highest BCUT2D eigenvalue weighted by atomic mass is 79.9. The first-order valence-corrected chi connectivity index (χ1v) is 8.59. The maximum Gasteiger partial charge on any atom is 0.153 e. The van der Waals surface area contributed by atoms with Gasteiger partial charge in [0.05, 0.1) is 27.4 Å². The molecule has 1 aliphatic carbocycles. The van der Waals surface area contributed by atoms with Crippen LogP contribution in [0, 0.1) is 0 Å². The lowest BCUT2D eigenvalue weighted by Crippen LogP contribution is -2.09. The molecule has 1 aliphatic rings. The van der Waals surface area contributed by atoms with Gasteiger partial charge in [-0.15, -0.1) is 11.3 Å². The normalized spacial score (nSPS) is 16.3. The van der Waals surface area contributed by atoms with Crippen LogP contribution in [0.5, 0.6) is 0 Å². The van der Waals surface area contributed by atoms with E-state index in [9.17, 15) is 0 Å². The Bertz CT molecular complexity index is 792. The molecule has 5 nitrogen and oxygen atoms in total. The van der Waals surface area contributed by atoms with Gasteiger partial charge in [0.1, 0.15) is 5.52 Å². The van der Waals surface area contributed by atoms with E-state index in [1.165, 1.54) is 17.8 Å². The molecule has 1 N–H and O–H groups in total. The summed E-state index contributed by atoms with van der Waals surface area (Å²) in [6, 6.07) is 0.120. The van der Waals surface area contributed by atoms with Gasteiger partial charge in [-0.25, -0.2) is 14.5 Å². The molecule has 0 spiro atoms. The van der Waals surface area contributed by atoms with Crippen LogP contribution in [-0.4, -0.2) is 19.6 Å². The highest BCUT2D eigenvalue weighted by Gasteiger charge is 2.27.